The number of ether oxygens (including phenoxy) is 2. The molecule has 0 saturated heterocycles. The van der Waals surface area contributed by atoms with Crippen molar-refractivity contribution in [1.82, 2.24) is 5.43 Å². The Labute approximate surface area is 142 Å². The maximum atomic E-state index is 10.7. The van der Waals surface area contributed by atoms with Crippen molar-refractivity contribution < 1.29 is 14.3 Å². The van der Waals surface area contributed by atoms with Gasteiger partial charge in [0, 0.05) is 10.0 Å². The first kappa shape index (κ1) is 16.8. The van der Waals surface area contributed by atoms with E-state index in [1.54, 1.807) is 25.3 Å². The van der Waals surface area contributed by atoms with E-state index in [1.165, 1.54) is 6.21 Å². The zero-order chi connectivity index (χ0) is 16.7. The summed E-state index contributed by atoms with van der Waals surface area (Å²) in [5.74, 6) is 1.10. The van der Waals surface area contributed by atoms with Crippen molar-refractivity contribution in [2.24, 2.45) is 10.8 Å². The first-order valence-electron chi connectivity index (χ1n) is 6.73. The lowest BCUT2D eigenvalue weighted by Crippen LogP contribution is -2.24. The van der Waals surface area contributed by atoms with Crippen LogP contribution in [0.15, 0.2) is 52.0 Å². The number of nitrogens with zero attached hydrogens (tertiary/aromatic N) is 1. The van der Waals surface area contributed by atoms with Gasteiger partial charge in [0.05, 0.1) is 13.3 Å². The van der Waals surface area contributed by atoms with Crippen molar-refractivity contribution in [2.45, 2.75) is 6.61 Å². The smallest absolute Gasteiger partial charge is 0.332 e. The summed E-state index contributed by atoms with van der Waals surface area (Å²) in [5.41, 5.74) is 8.78. The van der Waals surface area contributed by atoms with Crippen LogP contribution in [-0.2, 0) is 6.61 Å². The van der Waals surface area contributed by atoms with Crippen LogP contribution >= 0.6 is 15.9 Å². The first-order chi connectivity index (χ1) is 11.1. The highest BCUT2D eigenvalue weighted by Crippen LogP contribution is 2.31. The Balaban J connectivity index is 2.21. The number of hydrogen-bond acceptors (Lipinski definition) is 4. The third-order valence-electron chi connectivity index (χ3n) is 2.88. The Morgan fingerprint density at radius 2 is 2.13 bits per heavy atom. The van der Waals surface area contributed by atoms with Gasteiger partial charge in [0.25, 0.3) is 0 Å². The Morgan fingerprint density at radius 3 is 2.83 bits per heavy atom. The molecule has 120 valence electrons. The summed E-state index contributed by atoms with van der Waals surface area (Å²) in [6.45, 7) is 0.365. The number of hydrogen-bond donors (Lipinski definition) is 2. The standard InChI is InChI=1S/C16H16BrN3O3/c1-22-14-7-3-5-12(9-19-20-16(18)21)15(14)23-10-11-4-2-6-13(17)8-11/h2-9H,10H2,1H3,(H3,18,20,21). The molecular formula is C16H16BrN3O3. The van der Waals surface area contributed by atoms with Crippen LogP contribution in [0.4, 0.5) is 4.79 Å². The van der Waals surface area contributed by atoms with Gasteiger partial charge in [-0.1, -0.05) is 34.1 Å². The molecule has 3 N–H and O–H groups in total. The number of nitrogens with two attached hydrogens (primary N) is 1. The fraction of sp³-hybridized carbons (Fsp3) is 0.125. The summed E-state index contributed by atoms with van der Waals surface area (Å²) in [6.07, 6.45) is 1.45. The van der Waals surface area contributed by atoms with Crippen LogP contribution in [0.2, 0.25) is 0 Å². The van der Waals surface area contributed by atoms with Gasteiger partial charge in [-0.25, -0.2) is 10.2 Å². The summed E-state index contributed by atoms with van der Waals surface area (Å²) in [6, 6.07) is 12.5. The number of para-hydroxylation sites is 1. The number of primary amides is 1. The van der Waals surface area contributed by atoms with E-state index in [1.807, 2.05) is 24.3 Å². The van der Waals surface area contributed by atoms with Gasteiger partial charge in [-0.05, 0) is 29.8 Å². The largest absolute Gasteiger partial charge is 0.493 e. The minimum absolute atomic E-state index is 0.365. The molecule has 0 aromatic heterocycles. The van der Waals surface area contributed by atoms with Crippen LogP contribution in [0, 0.1) is 0 Å². The molecule has 0 fully saturated rings. The molecular weight excluding hydrogens is 362 g/mol. The first-order valence-corrected chi connectivity index (χ1v) is 7.52. The third kappa shape index (κ3) is 5.00. The van der Waals surface area contributed by atoms with E-state index in [2.05, 4.69) is 26.5 Å². The molecule has 0 unspecified atom stereocenters. The van der Waals surface area contributed by atoms with Crippen LogP contribution in [0.3, 0.4) is 0 Å². The highest BCUT2D eigenvalue weighted by atomic mass is 79.9. The van der Waals surface area contributed by atoms with Crippen molar-refractivity contribution in [3.8, 4) is 11.5 Å². The Hall–Kier alpha value is -2.54. The number of benzene rings is 2. The number of amides is 2. The van der Waals surface area contributed by atoms with Crippen LogP contribution in [0.5, 0.6) is 11.5 Å². The Morgan fingerprint density at radius 1 is 1.35 bits per heavy atom. The molecule has 23 heavy (non-hydrogen) atoms. The number of rotatable bonds is 6. The Kier molecular flexibility index (Phi) is 5.99. The quantitative estimate of drug-likeness (QED) is 0.599. The molecule has 2 rings (SSSR count). The van der Waals surface area contributed by atoms with E-state index in [-0.39, 0.29) is 0 Å². The molecule has 6 nitrogen and oxygen atoms in total. The molecule has 2 aromatic carbocycles. The van der Waals surface area contributed by atoms with Crippen LogP contribution < -0.4 is 20.6 Å². The maximum Gasteiger partial charge on any atom is 0.332 e. The normalized spacial score (nSPS) is 10.5. The second-order valence-electron chi connectivity index (χ2n) is 4.53. The van der Waals surface area contributed by atoms with Crippen molar-refractivity contribution >= 4 is 28.2 Å². The maximum absolute atomic E-state index is 10.7. The SMILES string of the molecule is COc1cccc(C=NNC(N)=O)c1OCc1cccc(Br)c1. The molecule has 0 radical (unpaired) electrons. The molecule has 0 aliphatic heterocycles. The van der Waals surface area contributed by atoms with E-state index in [0.29, 0.717) is 23.7 Å². The fourth-order valence-corrected chi connectivity index (χ4v) is 2.34. The van der Waals surface area contributed by atoms with Gasteiger partial charge in [0.15, 0.2) is 11.5 Å². The molecule has 0 aliphatic carbocycles. The minimum Gasteiger partial charge on any atom is -0.493 e. The van der Waals surface area contributed by atoms with Gasteiger partial charge in [0.2, 0.25) is 0 Å². The predicted molar refractivity (Wildman–Crippen MR) is 91.8 cm³/mol. The lowest BCUT2D eigenvalue weighted by atomic mass is 10.2. The monoisotopic (exact) mass is 377 g/mol. The number of carbonyl (C=O) groups is 1. The summed E-state index contributed by atoms with van der Waals surface area (Å²) < 4.78 is 12.2. The van der Waals surface area contributed by atoms with Crippen LogP contribution in [0.25, 0.3) is 0 Å². The fourth-order valence-electron chi connectivity index (χ4n) is 1.90. The number of halogens is 1. The third-order valence-corrected chi connectivity index (χ3v) is 3.37. The molecule has 0 saturated carbocycles. The highest BCUT2D eigenvalue weighted by Gasteiger charge is 2.10. The van der Waals surface area contributed by atoms with Crippen molar-refractivity contribution in [1.29, 1.82) is 0 Å². The molecule has 2 aromatic rings. The Bertz CT molecular complexity index is 719. The van der Waals surface area contributed by atoms with Gasteiger partial charge in [-0.15, -0.1) is 0 Å². The van der Waals surface area contributed by atoms with E-state index < -0.39 is 6.03 Å². The molecule has 0 aliphatic rings. The second-order valence-corrected chi connectivity index (χ2v) is 5.45. The summed E-state index contributed by atoms with van der Waals surface area (Å²) in [4.78, 5) is 10.7. The molecule has 0 atom stereocenters. The van der Waals surface area contributed by atoms with Crippen LogP contribution in [-0.4, -0.2) is 19.4 Å². The number of nitrogens with one attached hydrogen (secondary N) is 1. The number of hydrazone groups is 1. The van der Waals surface area contributed by atoms with E-state index >= 15 is 0 Å². The molecule has 7 heteroatoms. The molecule has 0 spiro atoms. The summed E-state index contributed by atoms with van der Waals surface area (Å²) >= 11 is 3.43. The number of carbonyl (C=O) groups excluding carboxylic acids is 1. The van der Waals surface area contributed by atoms with Gasteiger partial charge < -0.3 is 15.2 Å². The average Bonchev–Trinajstić information content (AvgIpc) is 2.53. The average molecular weight is 378 g/mol. The van der Waals surface area contributed by atoms with E-state index in [4.69, 9.17) is 15.2 Å². The summed E-state index contributed by atoms with van der Waals surface area (Å²) in [5, 5.41) is 3.75. The predicted octanol–water partition coefficient (Wildman–Crippen LogP) is 3.04. The van der Waals surface area contributed by atoms with Gasteiger partial charge in [0.1, 0.15) is 6.61 Å². The van der Waals surface area contributed by atoms with E-state index in [0.717, 1.165) is 10.0 Å². The second kappa shape index (κ2) is 8.19. The topological polar surface area (TPSA) is 85.9 Å². The van der Waals surface area contributed by atoms with Crippen molar-refractivity contribution in [3.05, 3.63) is 58.1 Å². The highest BCUT2D eigenvalue weighted by molar-refractivity contribution is 9.10. The van der Waals surface area contributed by atoms with Crippen molar-refractivity contribution in [2.75, 3.05) is 7.11 Å². The molecule has 2 amide bonds. The summed E-state index contributed by atoms with van der Waals surface area (Å²) in [7, 11) is 1.56. The minimum atomic E-state index is -0.735. The number of methoxy groups -OCH3 is 1. The zero-order valence-electron chi connectivity index (χ0n) is 12.5. The van der Waals surface area contributed by atoms with Gasteiger partial charge in [-0.2, -0.15) is 5.10 Å². The number of urea groups is 1. The van der Waals surface area contributed by atoms with Gasteiger partial charge >= 0.3 is 6.03 Å². The lowest BCUT2D eigenvalue weighted by Gasteiger charge is -2.13. The van der Waals surface area contributed by atoms with E-state index in [9.17, 15) is 4.79 Å². The molecule has 0 heterocycles. The lowest BCUT2D eigenvalue weighted by molar-refractivity contribution is 0.249. The van der Waals surface area contributed by atoms with Crippen molar-refractivity contribution in [3.63, 3.8) is 0 Å². The van der Waals surface area contributed by atoms with Crippen LogP contribution in [0.1, 0.15) is 11.1 Å². The van der Waals surface area contributed by atoms with Gasteiger partial charge in [-0.3, -0.25) is 0 Å². The molecule has 0 bridgehead atoms. The zero-order valence-corrected chi connectivity index (χ0v) is 14.0.